The molecule has 11 nitrogen and oxygen atoms in total. The van der Waals surface area contributed by atoms with Gasteiger partial charge in [-0.2, -0.15) is 0 Å². The standard InChI is InChI=1S/C30H33N2O9P/c1-31(2)42(36,32(3)4)41-26-25(39-28(34)22-16-10-6-11-17-22)24(20-37-27(33)21-14-8-5-9-15-21)38-30(26)40-29(35)23-18-12-7-13-19-23/h5-19,24-26,30H,20H2,1-4H3/t24-,25-,26-,30-/m1/s1. The maximum atomic E-state index is 13.9. The summed E-state index contributed by atoms with van der Waals surface area (Å²) in [4.78, 5) is 39.0. The Labute approximate surface area is 244 Å². The maximum Gasteiger partial charge on any atom is 0.345 e. The van der Waals surface area contributed by atoms with Crippen molar-refractivity contribution in [3.05, 3.63) is 108 Å². The van der Waals surface area contributed by atoms with Gasteiger partial charge in [0.05, 0.1) is 16.7 Å². The monoisotopic (exact) mass is 596 g/mol. The highest BCUT2D eigenvalue weighted by atomic mass is 31.2. The van der Waals surface area contributed by atoms with E-state index in [1.165, 1.54) is 9.34 Å². The quantitative estimate of drug-likeness (QED) is 0.179. The molecule has 1 fully saturated rings. The third kappa shape index (κ3) is 7.31. The molecule has 12 heteroatoms. The molecular weight excluding hydrogens is 563 g/mol. The second kappa shape index (κ2) is 13.9. The Kier molecular flexibility index (Phi) is 10.3. The van der Waals surface area contributed by atoms with Gasteiger partial charge in [0.25, 0.3) is 0 Å². The van der Waals surface area contributed by atoms with E-state index in [-0.39, 0.29) is 17.7 Å². The molecule has 3 aromatic carbocycles. The lowest BCUT2D eigenvalue weighted by Crippen LogP contribution is -2.43. The van der Waals surface area contributed by atoms with E-state index < -0.39 is 50.2 Å². The van der Waals surface area contributed by atoms with Gasteiger partial charge in [0, 0.05) is 0 Å². The zero-order valence-corrected chi connectivity index (χ0v) is 24.6. The van der Waals surface area contributed by atoms with E-state index in [0.29, 0.717) is 5.56 Å². The van der Waals surface area contributed by atoms with Crippen LogP contribution in [0.3, 0.4) is 0 Å². The van der Waals surface area contributed by atoms with Crippen LogP contribution in [0.5, 0.6) is 0 Å². The summed E-state index contributed by atoms with van der Waals surface area (Å²) in [7, 11) is 2.51. The molecule has 0 radical (unpaired) electrons. The largest absolute Gasteiger partial charge is 0.459 e. The van der Waals surface area contributed by atoms with Gasteiger partial charge in [-0.25, -0.2) is 23.7 Å². The van der Waals surface area contributed by atoms with E-state index in [1.54, 1.807) is 119 Å². The van der Waals surface area contributed by atoms with E-state index in [4.69, 9.17) is 23.5 Å². The average Bonchev–Trinajstić information content (AvgIpc) is 3.31. The first-order valence-corrected chi connectivity index (χ1v) is 14.7. The Morgan fingerprint density at radius 1 is 0.667 bits per heavy atom. The molecule has 1 saturated heterocycles. The SMILES string of the molecule is CN(C)P(=O)(O[C@H]1[C@@H](OC(=O)c2ccccc2)O[C@H](COC(=O)c2ccccc2)[C@H]1OC(=O)c1ccccc1)N(C)C. The third-order valence-corrected chi connectivity index (χ3v) is 8.95. The van der Waals surface area contributed by atoms with E-state index in [2.05, 4.69) is 0 Å². The van der Waals surface area contributed by atoms with Crippen molar-refractivity contribution in [1.29, 1.82) is 0 Å². The zero-order chi connectivity index (χ0) is 30.3. The number of hydrogen-bond acceptors (Lipinski definition) is 9. The third-order valence-electron chi connectivity index (χ3n) is 6.41. The molecule has 0 saturated carbocycles. The van der Waals surface area contributed by atoms with Crippen molar-refractivity contribution in [3.8, 4) is 0 Å². The summed E-state index contributed by atoms with van der Waals surface area (Å²) in [5, 5.41) is 0. The molecule has 0 N–H and O–H groups in total. The van der Waals surface area contributed by atoms with Crippen LogP contribution in [0, 0.1) is 0 Å². The molecule has 0 amide bonds. The van der Waals surface area contributed by atoms with Gasteiger partial charge in [0.15, 0.2) is 12.2 Å². The number of carbonyl (C=O) groups excluding carboxylic acids is 3. The molecule has 0 bridgehead atoms. The first-order valence-electron chi connectivity index (χ1n) is 13.1. The van der Waals surface area contributed by atoms with Gasteiger partial charge < -0.3 is 18.9 Å². The number of benzene rings is 3. The molecule has 222 valence electrons. The van der Waals surface area contributed by atoms with Crippen LogP contribution in [0.2, 0.25) is 0 Å². The summed E-state index contributed by atoms with van der Waals surface area (Å²) >= 11 is 0. The zero-order valence-electron chi connectivity index (χ0n) is 23.7. The second-order valence-corrected chi connectivity index (χ2v) is 12.6. The molecular formula is C30H33N2O9P. The number of nitrogens with zero attached hydrogens (tertiary/aromatic N) is 2. The number of ether oxygens (including phenoxy) is 4. The number of esters is 3. The minimum Gasteiger partial charge on any atom is -0.459 e. The lowest BCUT2D eigenvalue weighted by Gasteiger charge is -2.34. The maximum absolute atomic E-state index is 13.9. The van der Waals surface area contributed by atoms with Crippen LogP contribution in [0.1, 0.15) is 31.1 Å². The molecule has 1 heterocycles. The lowest BCUT2D eigenvalue weighted by molar-refractivity contribution is -0.136. The van der Waals surface area contributed by atoms with Gasteiger partial charge in [0.2, 0.25) is 6.29 Å². The van der Waals surface area contributed by atoms with Crippen LogP contribution in [0.4, 0.5) is 0 Å². The molecule has 4 rings (SSSR count). The van der Waals surface area contributed by atoms with Crippen LogP contribution in [-0.4, -0.2) is 86.6 Å². The molecule has 0 spiro atoms. The van der Waals surface area contributed by atoms with Gasteiger partial charge in [-0.3, -0.25) is 9.09 Å². The minimum atomic E-state index is -3.73. The number of carbonyl (C=O) groups is 3. The van der Waals surface area contributed by atoms with Crippen molar-refractivity contribution in [2.24, 2.45) is 0 Å². The van der Waals surface area contributed by atoms with Gasteiger partial charge in [-0.1, -0.05) is 54.6 Å². The molecule has 42 heavy (non-hydrogen) atoms. The lowest BCUT2D eigenvalue weighted by atomic mass is 10.1. The summed E-state index contributed by atoms with van der Waals surface area (Å²) in [6.07, 6.45) is -5.26. The fourth-order valence-electron chi connectivity index (χ4n) is 4.21. The smallest absolute Gasteiger partial charge is 0.345 e. The van der Waals surface area contributed by atoms with E-state index in [1.807, 2.05) is 0 Å². The predicted octanol–water partition coefficient (Wildman–Crippen LogP) is 4.27. The van der Waals surface area contributed by atoms with E-state index >= 15 is 0 Å². The topological polar surface area (TPSA) is 121 Å². The van der Waals surface area contributed by atoms with Gasteiger partial charge in [-0.15, -0.1) is 0 Å². The second-order valence-electron chi connectivity index (χ2n) is 9.77. The molecule has 3 aromatic rings. The summed E-state index contributed by atoms with van der Waals surface area (Å²) in [5.74, 6) is -2.10. The highest BCUT2D eigenvalue weighted by molar-refractivity contribution is 7.53. The first kappa shape index (κ1) is 31.1. The van der Waals surface area contributed by atoms with Crippen molar-refractivity contribution in [3.63, 3.8) is 0 Å². The summed E-state index contributed by atoms with van der Waals surface area (Å²) in [6.45, 7) is -0.381. The van der Waals surface area contributed by atoms with Crippen LogP contribution in [0.15, 0.2) is 91.0 Å². The normalized spacial score (nSPS) is 20.3. The molecule has 0 unspecified atom stereocenters. The Bertz CT molecular complexity index is 1390. The first-order chi connectivity index (χ1) is 20.1. The van der Waals surface area contributed by atoms with E-state index in [9.17, 15) is 18.9 Å². The van der Waals surface area contributed by atoms with Crippen molar-refractivity contribution >= 4 is 25.6 Å². The molecule has 1 aliphatic heterocycles. The average molecular weight is 597 g/mol. The minimum absolute atomic E-state index is 0.236. The van der Waals surface area contributed by atoms with Crippen LogP contribution in [-0.2, 0) is 28.0 Å². The summed E-state index contributed by atoms with van der Waals surface area (Å²) < 4.78 is 45.9. The van der Waals surface area contributed by atoms with Gasteiger partial charge >= 0.3 is 25.6 Å². The Morgan fingerprint density at radius 2 is 1.10 bits per heavy atom. The van der Waals surface area contributed by atoms with Gasteiger partial charge in [-0.05, 0) is 64.6 Å². The van der Waals surface area contributed by atoms with Crippen molar-refractivity contribution in [2.45, 2.75) is 24.6 Å². The Morgan fingerprint density at radius 3 is 1.55 bits per heavy atom. The Hall–Kier alpha value is -3.86. The molecule has 0 aliphatic carbocycles. The van der Waals surface area contributed by atoms with E-state index in [0.717, 1.165) is 0 Å². The van der Waals surface area contributed by atoms with Crippen molar-refractivity contribution < 1.29 is 42.4 Å². The van der Waals surface area contributed by atoms with Crippen molar-refractivity contribution in [2.75, 3.05) is 34.8 Å². The highest BCUT2D eigenvalue weighted by Crippen LogP contribution is 2.53. The number of rotatable bonds is 11. The summed E-state index contributed by atoms with van der Waals surface area (Å²) in [5.41, 5.74) is 0.780. The number of hydrogen-bond donors (Lipinski definition) is 0. The van der Waals surface area contributed by atoms with Crippen molar-refractivity contribution in [1.82, 2.24) is 9.34 Å². The van der Waals surface area contributed by atoms with Crippen LogP contribution in [0.25, 0.3) is 0 Å². The molecule has 0 aromatic heterocycles. The van der Waals surface area contributed by atoms with Gasteiger partial charge in [0.1, 0.15) is 12.7 Å². The fraction of sp³-hybridized carbons (Fsp3) is 0.300. The fourth-order valence-corrected chi connectivity index (χ4v) is 5.84. The highest BCUT2D eigenvalue weighted by Gasteiger charge is 2.54. The van der Waals surface area contributed by atoms with Crippen LogP contribution < -0.4 is 0 Å². The predicted molar refractivity (Wildman–Crippen MR) is 153 cm³/mol. The Balaban J connectivity index is 1.67. The molecule has 4 atom stereocenters. The molecule has 1 aliphatic rings. The summed E-state index contributed by atoms with van der Waals surface area (Å²) in [6, 6.07) is 24.7. The van der Waals surface area contributed by atoms with Crippen LogP contribution >= 0.6 is 7.67 Å².